The summed E-state index contributed by atoms with van der Waals surface area (Å²) in [6.45, 7) is 7.07. The Morgan fingerprint density at radius 1 is 1.39 bits per heavy atom. The van der Waals surface area contributed by atoms with Crippen molar-refractivity contribution < 1.29 is 5.11 Å². The van der Waals surface area contributed by atoms with E-state index in [0.29, 0.717) is 12.6 Å². The standard InChI is InChI=1S/C14H25N3O/c1-4-12(15)14(13-7-5-6-8-16-13)17(9-10-18)11(2)3/h5-8,11-12,14,18H,4,9-10,15H2,1-3H3. The van der Waals surface area contributed by atoms with Crippen molar-refractivity contribution >= 4 is 0 Å². The van der Waals surface area contributed by atoms with Crippen LogP contribution in [0, 0.1) is 0 Å². The van der Waals surface area contributed by atoms with E-state index in [0.717, 1.165) is 12.1 Å². The van der Waals surface area contributed by atoms with E-state index < -0.39 is 0 Å². The minimum absolute atomic E-state index is 0.0221. The average Bonchev–Trinajstić information content (AvgIpc) is 2.39. The molecule has 1 aromatic heterocycles. The van der Waals surface area contributed by atoms with Crippen LogP contribution >= 0.6 is 0 Å². The summed E-state index contributed by atoms with van der Waals surface area (Å²) in [7, 11) is 0. The fraction of sp³-hybridized carbons (Fsp3) is 0.643. The van der Waals surface area contributed by atoms with Crippen LogP contribution in [-0.2, 0) is 0 Å². The van der Waals surface area contributed by atoms with Gasteiger partial charge in [-0.1, -0.05) is 13.0 Å². The molecule has 0 spiro atoms. The molecule has 4 nitrogen and oxygen atoms in total. The number of pyridine rings is 1. The lowest BCUT2D eigenvalue weighted by atomic mass is 9.99. The fourth-order valence-corrected chi connectivity index (χ4v) is 2.24. The molecule has 3 N–H and O–H groups in total. The van der Waals surface area contributed by atoms with Gasteiger partial charge in [-0.05, 0) is 32.4 Å². The lowest BCUT2D eigenvalue weighted by molar-refractivity contribution is 0.0987. The van der Waals surface area contributed by atoms with Gasteiger partial charge in [0.2, 0.25) is 0 Å². The number of hydrogen-bond acceptors (Lipinski definition) is 4. The maximum atomic E-state index is 9.23. The second-order valence-electron chi connectivity index (χ2n) is 4.83. The van der Waals surface area contributed by atoms with E-state index in [4.69, 9.17) is 5.73 Å². The first-order valence-corrected chi connectivity index (χ1v) is 6.64. The highest BCUT2D eigenvalue weighted by molar-refractivity contribution is 5.11. The van der Waals surface area contributed by atoms with Gasteiger partial charge in [0.1, 0.15) is 0 Å². The Morgan fingerprint density at radius 3 is 2.56 bits per heavy atom. The third kappa shape index (κ3) is 3.77. The normalized spacial score (nSPS) is 15.1. The Bertz CT molecular complexity index is 329. The Balaban J connectivity index is 3.03. The summed E-state index contributed by atoms with van der Waals surface area (Å²) in [4.78, 5) is 6.65. The van der Waals surface area contributed by atoms with Gasteiger partial charge in [0.05, 0.1) is 18.3 Å². The first kappa shape index (κ1) is 15.1. The molecule has 0 aromatic carbocycles. The zero-order valence-electron chi connectivity index (χ0n) is 11.6. The van der Waals surface area contributed by atoms with Crippen molar-refractivity contribution in [1.29, 1.82) is 0 Å². The molecule has 0 saturated heterocycles. The number of aliphatic hydroxyl groups is 1. The highest BCUT2D eigenvalue weighted by Gasteiger charge is 2.28. The molecule has 2 atom stereocenters. The molecule has 1 heterocycles. The molecule has 2 unspecified atom stereocenters. The van der Waals surface area contributed by atoms with Crippen LogP contribution in [0.25, 0.3) is 0 Å². The second kappa shape index (κ2) is 7.46. The van der Waals surface area contributed by atoms with E-state index in [1.165, 1.54) is 0 Å². The van der Waals surface area contributed by atoms with E-state index in [2.05, 4.69) is 30.7 Å². The lowest BCUT2D eigenvalue weighted by Gasteiger charge is -2.37. The Kier molecular flexibility index (Phi) is 6.25. The van der Waals surface area contributed by atoms with Crippen molar-refractivity contribution in [2.45, 2.75) is 45.3 Å². The molecule has 0 aliphatic carbocycles. The molecular weight excluding hydrogens is 226 g/mol. The summed E-state index contributed by atoms with van der Waals surface area (Å²) >= 11 is 0. The number of nitrogens with two attached hydrogens (primary N) is 1. The van der Waals surface area contributed by atoms with E-state index in [1.54, 1.807) is 6.20 Å². The summed E-state index contributed by atoms with van der Waals surface area (Å²) in [6, 6.07) is 6.30. The van der Waals surface area contributed by atoms with Crippen LogP contribution in [0.5, 0.6) is 0 Å². The molecular formula is C14H25N3O. The zero-order valence-corrected chi connectivity index (χ0v) is 11.6. The Labute approximate surface area is 110 Å². The van der Waals surface area contributed by atoms with E-state index >= 15 is 0 Å². The highest BCUT2D eigenvalue weighted by atomic mass is 16.3. The van der Waals surface area contributed by atoms with E-state index in [1.807, 2.05) is 18.2 Å². The minimum Gasteiger partial charge on any atom is -0.395 e. The van der Waals surface area contributed by atoms with Gasteiger partial charge in [-0.2, -0.15) is 0 Å². The molecule has 0 amide bonds. The second-order valence-corrected chi connectivity index (χ2v) is 4.83. The average molecular weight is 251 g/mol. The molecule has 0 radical (unpaired) electrons. The minimum atomic E-state index is 0.0221. The van der Waals surface area contributed by atoms with Crippen LogP contribution in [0.4, 0.5) is 0 Å². The molecule has 0 aliphatic rings. The van der Waals surface area contributed by atoms with Gasteiger partial charge in [-0.25, -0.2) is 0 Å². The van der Waals surface area contributed by atoms with Crippen LogP contribution in [0.3, 0.4) is 0 Å². The third-order valence-corrected chi connectivity index (χ3v) is 3.25. The molecule has 1 rings (SSSR count). The molecule has 0 fully saturated rings. The SMILES string of the molecule is CCC(N)C(c1ccccn1)N(CCO)C(C)C. The maximum Gasteiger partial charge on any atom is 0.0676 e. The van der Waals surface area contributed by atoms with Crippen molar-refractivity contribution in [2.24, 2.45) is 5.73 Å². The predicted molar refractivity (Wildman–Crippen MR) is 74.2 cm³/mol. The number of aliphatic hydroxyl groups excluding tert-OH is 1. The fourth-order valence-electron chi connectivity index (χ4n) is 2.24. The summed E-state index contributed by atoms with van der Waals surface area (Å²) in [5.41, 5.74) is 7.24. The maximum absolute atomic E-state index is 9.23. The van der Waals surface area contributed by atoms with Crippen LogP contribution in [0.2, 0.25) is 0 Å². The topological polar surface area (TPSA) is 62.4 Å². The van der Waals surface area contributed by atoms with E-state index in [9.17, 15) is 5.11 Å². The van der Waals surface area contributed by atoms with Gasteiger partial charge in [0, 0.05) is 24.8 Å². The zero-order chi connectivity index (χ0) is 13.5. The van der Waals surface area contributed by atoms with Crippen LogP contribution in [0.15, 0.2) is 24.4 Å². The first-order valence-electron chi connectivity index (χ1n) is 6.64. The number of nitrogens with zero attached hydrogens (tertiary/aromatic N) is 2. The van der Waals surface area contributed by atoms with Crippen LogP contribution in [-0.4, -0.2) is 40.2 Å². The third-order valence-electron chi connectivity index (χ3n) is 3.25. The van der Waals surface area contributed by atoms with Crippen molar-refractivity contribution in [1.82, 2.24) is 9.88 Å². The quantitative estimate of drug-likeness (QED) is 0.772. The summed E-state index contributed by atoms with van der Waals surface area (Å²) < 4.78 is 0. The number of hydrogen-bond donors (Lipinski definition) is 2. The molecule has 102 valence electrons. The molecule has 0 aliphatic heterocycles. The molecule has 18 heavy (non-hydrogen) atoms. The van der Waals surface area contributed by atoms with Crippen molar-refractivity contribution in [2.75, 3.05) is 13.2 Å². The van der Waals surface area contributed by atoms with Crippen LogP contribution < -0.4 is 5.73 Å². The van der Waals surface area contributed by atoms with Gasteiger partial charge in [-0.15, -0.1) is 0 Å². The van der Waals surface area contributed by atoms with Gasteiger partial charge >= 0.3 is 0 Å². The van der Waals surface area contributed by atoms with Gasteiger partial charge in [0.15, 0.2) is 0 Å². The van der Waals surface area contributed by atoms with Gasteiger partial charge in [-0.3, -0.25) is 9.88 Å². The summed E-state index contributed by atoms with van der Waals surface area (Å²) in [5, 5.41) is 9.23. The molecule has 0 saturated carbocycles. The highest BCUT2D eigenvalue weighted by Crippen LogP contribution is 2.25. The monoisotopic (exact) mass is 251 g/mol. The van der Waals surface area contributed by atoms with Gasteiger partial charge in [0.25, 0.3) is 0 Å². The predicted octanol–water partition coefficient (Wildman–Crippen LogP) is 1.56. The Morgan fingerprint density at radius 2 is 2.11 bits per heavy atom. The van der Waals surface area contributed by atoms with Crippen molar-refractivity contribution in [3.63, 3.8) is 0 Å². The number of aromatic nitrogens is 1. The van der Waals surface area contributed by atoms with Crippen LogP contribution in [0.1, 0.15) is 38.9 Å². The molecule has 0 bridgehead atoms. The first-order chi connectivity index (χ1) is 8.61. The molecule has 4 heteroatoms. The van der Waals surface area contributed by atoms with Crippen molar-refractivity contribution in [3.8, 4) is 0 Å². The lowest BCUT2D eigenvalue weighted by Crippen LogP contribution is -2.45. The summed E-state index contributed by atoms with van der Waals surface area (Å²) in [5.74, 6) is 0. The van der Waals surface area contributed by atoms with Crippen molar-refractivity contribution in [3.05, 3.63) is 30.1 Å². The van der Waals surface area contributed by atoms with E-state index in [-0.39, 0.29) is 18.7 Å². The Hall–Kier alpha value is -0.970. The molecule has 1 aromatic rings. The number of rotatable bonds is 7. The largest absolute Gasteiger partial charge is 0.395 e. The van der Waals surface area contributed by atoms with Gasteiger partial charge < -0.3 is 10.8 Å². The smallest absolute Gasteiger partial charge is 0.0676 e. The summed E-state index contributed by atoms with van der Waals surface area (Å²) in [6.07, 6.45) is 2.68.